The van der Waals surface area contributed by atoms with Gasteiger partial charge in [0.2, 0.25) is 5.91 Å². The summed E-state index contributed by atoms with van der Waals surface area (Å²) >= 11 is 0.835. The fourth-order valence-corrected chi connectivity index (χ4v) is 5.12. The monoisotopic (exact) mass is 333 g/mol. The van der Waals surface area contributed by atoms with E-state index in [4.69, 9.17) is 0 Å². The number of likely N-dealkylation sites (N-methyl/N-ethyl adjacent to an activating group) is 1. The van der Waals surface area contributed by atoms with Gasteiger partial charge in [-0.05, 0) is 12.8 Å². The lowest BCUT2D eigenvalue weighted by atomic mass is 10.2. The van der Waals surface area contributed by atoms with Gasteiger partial charge in [-0.1, -0.05) is 0 Å². The second-order valence-electron chi connectivity index (χ2n) is 4.37. The molecule has 0 radical (unpaired) electrons. The molecule has 1 aliphatic heterocycles. The third-order valence-electron chi connectivity index (χ3n) is 3.21. The van der Waals surface area contributed by atoms with E-state index in [2.05, 4.69) is 15.0 Å². The van der Waals surface area contributed by atoms with E-state index in [1.165, 1.54) is 12.6 Å². The van der Waals surface area contributed by atoms with Gasteiger partial charge in [0.25, 0.3) is 10.0 Å². The molecule has 1 aromatic heterocycles. The molecule has 2 heterocycles. The van der Waals surface area contributed by atoms with Gasteiger partial charge in [0.05, 0.1) is 12.6 Å². The summed E-state index contributed by atoms with van der Waals surface area (Å²) in [5, 5.41) is 2.45. The molecule has 21 heavy (non-hydrogen) atoms. The number of carbonyl (C=O) groups excluding carboxylic acids is 2. The van der Waals surface area contributed by atoms with Crippen molar-refractivity contribution in [1.29, 1.82) is 0 Å². The number of hydrogen-bond acceptors (Lipinski definition) is 7. The molecule has 1 aromatic rings. The Kier molecular flexibility index (Phi) is 4.59. The second kappa shape index (κ2) is 6.08. The van der Waals surface area contributed by atoms with Gasteiger partial charge in [0.15, 0.2) is 9.90 Å². The van der Waals surface area contributed by atoms with E-state index >= 15 is 0 Å². The highest BCUT2D eigenvalue weighted by Gasteiger charge is 2.41. The van der Waals surface area contributed by atoms with Crippen LogP contribution in [0.4, 0.5) is 0 Å². The zero-order valence-corrected chi connectivity index (χ0v) is 13.2. The fraction of sp³-hybridized carbons (Fsp3) is 0.545. The summed E-state index contributed by atoms with van der Waals surface area (Å²) in [5.41, 5.74) is 1.02. The molecule has 1 saturated heterocycles. The zero-order chi connectivity index (χ0) is 15.6. The van der Waals surface area contributed by atoms with Gasteiger partial charge >= 0.3 is 5.97 Å². The van der Waals surface area contributed by atoms with E-state index in [1.807, 2.05) is 0 Å². The number of sulfonamides is 1. The van der Waals surface area contributed by atoms with E-state index in [9.17, 15) is 18.0 Å². The van der Waals surface area contributed by atoms with Crippen molar-refractivity contribution < 1.29 is 22.7 Å². The molecule has 1 aliphatic rings. The van der Waals surface area contributed by atoms with Crippen molar-refractivity contribution in [3.8, 4) is 0 Å². The molecule has 0 bridgehead atoms. The van der Waals surface area contributed by atoms with Crippen molar-refractivity contribution in [3.63, 3.8) is 0 Å². The average Bonchev–Trinajstić information content (AvgIpc) is 3.14. The lowest BCUT2D eigenvalue weighted by molar-refractivity contribution is -0.123. The van der Waals surface area contributed by atoms with Crippen molar-refractivity contribution in [2.75, 3.05) is 20.7 Å². The first kappa shape index (κ1) is 15.9. The molecule has 116 valence electrons. The number of nitrogens with one attached hydrogen (secondary N) is 1. The van der Waals surface area contributed by atoms with Crippen LogP contribution < -0.4 is 5.32 Å². The number of esters is 1. The summed E-state index contributed by atoms with van der Waals surface area (Å²) in [6.07, 6.45) is 1.04. The van der Waals surface area contributed by atoms with Crippen LogP contribution in [0.5, 0.6) is 0 Å². The van der Waals surface area contributed by atoms with Crippen molar-refractivity contribution in [3.05, 3.63) is 11.2 Å². The molecule has 1 fully saturated rings. The molecular weight excluding hydrogens is 318 g/mol. The van der Waals surface area contributed by atoms with Crippen LogP contribution in [0.25, 0.3) is 0 Å². The summed E-state index contributed by atoms with van der Waals surface area (Å²) < 4.78 is 30.8. The minimum Gasteiger partial charge on any atom is -0.464 e. The average molecular weight is 333 g/mol. The number of amides is 1. The van der Waals surface area contributed by atoms with Gasteiger partial charge in [-0.2, -0.15) is 4.31 Å². The second-order valence-corrected chi connectivity index (χ2v) is 7.31. The molecule has 8 nitrogen and oxygen atoms in total. The quantitative estimate of drug-likeness (QED) is 0.767. The molecule has 1 N–H and O–H groups in total. The van der Waals surface area contributed by atoms with Gasteiger partial charge in [0.1, 0.15) is 6.04 Å². The van der Waals surface area contributed by atoms with Crippen LogP contribution >= 0.6 is 11.3 Å². The van der Waals surface area contributed by atoms with E-state index in [1.54, 1.807) is 0 Å². The van der Waals surface area contributed by atoms with Crippen LogP contribution in [0.1, 0.15) is 23.3 Å². The summed E-state index contributed by atoms with van der Waals surface area (Å²) in [6, 6.07) is -0.757. The Labute approximate surface area is 126 Å². The number of aromatic nitrogens is 1. The van der Waals surface area contributed by atoms with E-state index < -0.39 is 22.0 Å². The first-order chi connectivity index (χ1) is 9.93. The van der Waals surface area contributed by atoms with Crippen molar-refractivity contribution >= 4 is 33.2 Å². The number of nitrogens with zero attached hydrogens (tertiary/aromatic N) is 2. The van der Waals surface area contributed by atoms with Crippen LogP contribution in [-0.4, -0.2) is 56.3 Å². The van der Waals surface area contributed by atoms with E-state index in [0.29, 0.717) is 12.8 Å². The standard InChI is InChI=1S/C11H15N3O5S2/c1-12-9(15)7-4-3-5-14(7)21(17,18)11-8(10(16)19-2)13-6-20-11/h6-7H,3-5H2,1-2H3,(H,12,15). The molecule has 1 atom stereocenters. The lowest BCUT2D eigenvalue weighted by Crippen LogP contribution is -2.44. The van der Waals surface area contributed by atoms with Gasteiger partial charge in [-0.25, -0.2) is 18.2 Å². The first-order valence-corrected chi connectivity index (χ1v) is 8.50. The van der Waals surface area contributed by atoms with Crippen LogP contribution in [0, 0.1) is 0 Å². The van der Waals surface area contributed by atoms with Crippen molar-refractivity contribution in [1.82, 2.24) is 14.6 Å². The number of hydrogen-bond donors (Lipinski definition) is 1. The van der Waals surface area contributed by atoms with E-state index in [0.717, 1.165) is 22.8 Å². The van der Waals surface area contributed by atoms with Crippen LogP contribution in [-0.2, 0) is 19.6 Å². The van der Waals surface area contributed by atoms with Gasteiger partial charge < -0.3 is 10.1 Å². The van der Waals surface area contributed by atoms with Crippen molar-refractivity contribution in [2.24, 2.45) is 0 Å². The molecule has 1 amide bonds. The number of methoxy groups -OCH3 is 1. The zero-order valence-electron chi connectivity index (χ0n) is 11.5. The third-order valence-corrected chi connectivity index (χ3v) is 6.46. The Balaban J connectivity index is 2.41. The van der Waals surface area contributed by atoms with Gasteiger partial charge in [-0.15, -0.1) is 11.3 Å². The highest BCUT2D eigenvalue weighted by atomic mass is 32.2. The molecule has 0 aliphatic carbocycles. The minimum absolute atomic E-state index is 0.190. The van der Waals surface area contributed by atoms with Crippen LogP contribution in [0.3, 0.4) is 0 Å². The first-order valence-electron chi connectivity index (χ1n) is 6.18. The minimum atomic E-state index is -3.96. The van der Waals surface area contributed by atoms with Crippen LogP contribution in [0.2, 0.25) is 0 Å². The van der Waals surface area contributed by atoms with Crippen LogP contribution in [0.15, 0.2) is 9.72 Å². The maximum absolute atomic E-state index is 12.7. The highest BCUT2D eigenvalue weighted by molar-refractivity contribution is 7.91. The Morgan fingerprint density at radius 1 is 1.52 bits per heavy atom. The molecular formula is C11H15N3O5S2. The highest BCUT2D eigenvalue weighted by Crippen LogP contribution is 2.30. The number of ether oxygens (including phenoxy) is 1. The fourth-order valence-electron chi connectivity index (χ4n) is 2.21. The molecule has 0 spiro atoms. The number of rotatable bonds is 4. The Bertz CT molecular complexity index is 655. The topological polar surface area (TPSA) is 106 Å². The molecule has 1 unspecified atom stereocenters. The predicted molar refractivity (Wildman–Crippen MR) is 74.4 cm³/mol. The molecule has 2 rings (SSSR count). The summed E-state index contributed by atoms with van der Waals surface area (Å²) in [5.74, 6) is -1.18. The van der Waals surface area contributed by atoms with Crippen molar-refractivity contribution in [2.45, 2.75) is 23.1 Å². The molecule has 0 aromatic carbocycles. The lowest BCUT2D eigenvalue weighted by Gasteiger charge is -2.22. The summed E-state index contributed by atoms with van der Waals surface area (Å²) in [7, 11) is -1.35. The maximum Gasteiger partial charge on any atom is 0.358 e. The van der Waals surface area contributed by atoms with E-state index in [-0.39, 0.29) is 22.4 Å². The summed E-state index contributed by atoms with van der Waals surface area (Å²) in [6.45, 7) is 0.235. The Morgan fingerprint density at radius 3 is 2.86 bits per heavy atom. The largest absolute Gasteiger partial charge is 0.464 e. The maximum atomic E-state index is 12.7. The summed E-state index contributed by atoms with van der Waals surface area (Å²) in [4.78, 5) is 27.1. The Morgan fingerprint density at radius 2 is 2.24 bits per heavy atom. The number of carbonyl (C=O) groups is 2. The molecule has 10 heteroatoms. The molecule has 0 saturated carbocycles. The normalized spacial score (nSPS) is 19.4. The van der Waals surface area contributed by atoms with Gasteiger partial charge in [-0.3, -0.25) is 4.79 Å². The predicted octanol–water partition coefficient (Wildman–Crippen LogP) is -0.171. The third kappa shape index (κ3) is 2.78. The number of thiazole rings is 1. The Hall–Kier alpha value is -1.52. The smallest absolute Gasteiger partial charge is 0.358 e. The SMILES string of the molecule is CNC(=O)C1CCCN1S(=O)(=O)c1scnc1C(=O)OC. The van der Waals surface area contributed by atoms with Gasteiger partial charge in [0, 0.05) is 13.6 Å².